The van der Waals surface area contributed by atoms with Crippen LogP contribution in [-0.4, -0.2) is 27.5 Å². The number of amides is 2. The molecule has 0 saturated heterocycles. The van der Waals surface area contributed by atoms with Gasteiger partial charge in [0.05, 0.1) is 11.0 Å². The van der Waals surface area contributed by atoms with Gasteiger partial charge < -0.3 is 15.3 Å². The molecule has 0 bridgehead atoms. The smallest absolute Gasteiger partial charge is 0.318 e. The standard InChI is InChI=1S/C16H22N2O3/c1-15(2,13(19)20)16(3,4)17-14(21)18-9-11-7-5-6-8-12(11)10-18/h5-8H,9-10H2,1-4H3,(H,17,21)(H,19,20). The maximum Gasteiger partial charge on any atom is 0.318 e. The minimum Gasteiger partial charge on any atom is -0.481 e. The molecule has 1 aliphatic heterocycles. The molecule has 0 unspecified atom stereocenters. The third kappa shape index (κ3) is 2.73. The van der Waals surface area contributed by atoms with Crippen LogP contribution < -0.4 is 5.32 Å². The lowest BCUT2D eigenvalue weighted by Gasteiger charge is -2.39. The van der Waals surface area contributed by atoms with Crippen molar-refractivity contribution < 1.29 is 14.7 Å². The molecule has 2 rings (SSSR count). The second-order valence-electron chi connectivity index (χ2n) is 6.61. The van der Waals surface area contributed by atoms with E-state index in [0.717, 1.165) is 11.1 Å². The van der Waals surface area contributed by atoms with Gasteiger partial charge in [-0.3, -0.25) is 4.79 Å². The predicted octanol–water partition coefficient (Wildman–Crippen LogP) is 2.60. The number of benzene rings is 1. The highest BCUT2D eigenvalue weighted by atomic mass is 16.4. The van der Waals surface area contributed by atoms with E-state index in [4.69, 9.17) is 0 Å². The molecule has 1 aromatic rings. The summed E-state index contributed by atoms with van der Waals surface area (Å²) in [7, 11) is 0. The molecule has 0 aromatic heterocycles. The number of carboxylic acids is 1. The first-order chi connectivity index (χ1) is 9.65. The quantitative estimate of drug-likeness (QED) is 0.899. The van der Waals surface area contributed by atoms with Crippen LogP contribution in [0, 0.1) is 5.41 Å². The van der Waals surface area contributed by atoms with Gasteiger partial charge in [0.25, 0.3) is 0 Å². The molecule has 5 nitrogen and oxygen atoms in total. The van der Waals surface area contributed by atoms with Crippen LogP contribution in [0.15, 0.2) is 24.3 Å². The zero-order valence-electron chi connectivity index (χ0n) is 12.9. The molecular weight excluding hydrogens is 268 g/mol. The molecule has 5 heteroatoms. The van der Waals surface area contributed by atoms with Crippen LogP contribution in [0.3, 0.4) is 0 Å². The van der Waals surface area contributed by atoms with Gasteiger partial charge in [0, 0.05) is 13.1 Å². The van der Waals surface area contributed by atoms with E-state index >= 15 is 0 Å². The number of nitrogens with one attached hydrogen (secondary N) is 1. The highest BCUT2D eigenvalue weighted by molar-refractivity contribution is 5.80. The van der Waals surface area contributed by atoms with Crippen molar-refractivity contribution in [3.8, 4) is 0 Å². The third-order valence-electron chi connectivity index (χ3n) is 4.64. The van der Waals surface area contributed by atoms with E-state index in [0.29, 0.717) is 13.1 Å². The minimum absolute atomic E-state index is 0.231. The van der Waals surface area contributed by atoms with E-state index in [2.05, 4.69) is 5.32 Å². The number of fused-ring (bicyclic) bond motifs is 1. The second-order valence-corrected chi connectivity index (χ2v) is 6.61. The summed E-state index contributed by atoms with van der Waals surface area (Å²) in [5.41, 5.74) is 0.367. The minimum atomic E-state index is -1.06. The Morgan fingerprint density at radius 2 is 1.57 bits per heavy atom. The molecule has 2 amide bonds. The van der Waals surface area contributed by atoms with Crippen LogP contribution in [0.5, 0.6) is 0 Å². The number of carboxylic acid groups (broad SMARTS) is 1. The van der Waals surface area contributed by atoms with Crippen molar-refractivity contribution in [1.82, 2.24) is 10.2 Å². The van der Waals surface area contributed by atoms with Crippen LogP contribution >= 0.6 is 0 Å². The number of carbonyl (C=O) groups excluding carboxylic acids is 1. The molecular formula is C16H22N2O3. The topological polar surface area (TPSA) is 69.6 Å². The molecule has 0 aliphatic carbocycles. The number of aliphatic carboxylic acids is 1. The monoisotopic (exact) mass is 290 g/mol. The summed E-state index contributed by atoms with van der Waals surface area (Å²) in [5, 5.41) is 12.2. The Balaban J connectivity index is 2.08. The molecule has 114 valence electrons. The zero-order valence-corrected chi connectivity index (χ0v) is 12.9. The molecule has 1 heterocycles. The van der Waals surface area contributed by atoms with E-state index in [1.807, 2.05) is 24.3 Å². The largest absolute Gasteiger partial charge is 0.481 e. The van der Waals surface area contributed by atoms with Gasteiger partial charge in [-0.2, -0.15) is 0 Å². The van der Waals surface area contributed by atoms with Crippen molar-refractivity contribution in [3.63, 3.8) is 0 Å². The summed E-state index contributed by atoms with van der Waals surface area (Å²) in [6.45, 7) is 7.84. The van der Waals surface area contributed by atoms with Gasteiger partial charge in [-0.1, -0.05) is 24.3 Å². The maximum absolute atomic E-state index is 12.4. The fourth-order valence-corrected chi connectivity index (χ4v) is 2.25. The first kappa shape index (κ1) is 15.4. The van der Waals surface area contributed by atoms with Gasteiger partial charge in [-0.05, 0) is 38.8 Å². The van der Waals surface area contributed by atoms with E-state index < -0.39 is 16.9 Å². The molecule has 0 fully saturated rings. The zero-order chi connectivity index (χ0) is 15.8. The van der Waals surface area contributed by atoms with E-state index in [1.165, 1.54) is 0 Å². The predicted molar refractivity (Wildman–Crippen MR) is 79.7 cm³/mol. The van der Waals surface area contributed by atoms with Gasteiger partial charge in [-0.25, -0.2) is 4.79 Å². The molecule has 0 spiro atoms. The van der Waals surface area contributed by atoms with Crippen LogP contribution in [0.2, 0.25) is 0 Å². The lowest BCUT2D eigenvalue weighted by atomic mass is 9.74. The van der Waals surface area contributed by atoms with Crippen LogP contribution in [0.4, 0.5) is 4.79 Å². The number of nitrogens with zero attached hydrogens (tertiary/aromatic N) is 1. The van der Waals surface area contributed by atoms with Crippen molar-refractivity contribution in [3.05, 3.63) is 35.4 Å². The van der Waals surface area contributed by atoms with Gasteiger partial charge in [0.1, 0.15) is 0 Å². The number of hydrogen-bond donors (Lipinski definition) is 2. The molecule has 21 heavy (non-hydrogen) atoms. The van der Waals surface area contributed by atoms with Crippen LogP contribution in [0.1, 0.15) is 38.8 Å². The Labute approximate surface area is 125 Å². The van der Waals surface area contributed by atoms with Crippen molar-refractivity contribution in [2.24, 2.45) is 5.41 Å². The Bertz CT molecular complexity index is 554. The molecule has 2 N–H and O–H groups in total. The van der Waals surface area contributed by atoms with Gasteiger partial charge in [0.2, 0.25) is 0 Å². The molecule has 0 atom stereocenters. The first-order valence-electron chi connectivity index (χ1n) is 7.02. The Hall–Kier alpha value is -2.04. The number of rotatable bonds is 3. The summed E-state index contributed by atoms with van der Waals surface area (Å²) >= 11 is 0. The van der Waals surface area contributed by atoms with E-state index in [-0.39, 0.29) is 6.03 Å². The summed E-state index contributed by atoms with van der Waals surface area (Å²) in [6, 6.07) is 7.70. The summed E-state index contributed by atoms with van der Waals surface area (Å²) in [5.74, 6) is -0.933. The first-order valence-corrected chi connectivity index (χ1v) is 7.02. The molecule has 0 saturated carbocycles. The molecule has 1 aromatic carbocycles. The van der Waals surface area contributed by atoms with Crippen molar-refractivity contribution in [1.29, 1.82) is 0 Å². The van der Waals surface area contributed by atoms with Gasteiger partial charge in [0.15, 0.2) is 0 Å². The Morgan fingerprint density at radius 3 is 2.00 bits per heavy atom. The highest BCUT2D eigenvalue weighted by Crippen LogP contribution is 2.31. The normalized spacial score (nSPS) is 14.8. The lowest BCUT2D eigenvalue weighted by molar-refractivity contribution is -0.150. The number of hydrogen-bond acceptors (Lipinski definition) is 2. The van der Waals surface area contributed by atoms with E-state index in [9.17, 15) is 14.7 Å². The fraction of sp³-hybridized carbons (Fsp3) is 0.500. The summed E-state index contributed by atoms with van der Waals surface area (Å²) in [4.78, 5) is 25.5. The van der Waals surface area contributed by atoms with Gasteiger partial charge in [-0.15, -0.1) is 0 Å². The third-order valence-corrected chi connectivity index (χ3v) is 4.64. The van der Waals surface area contributed by atoms with Crippen LogP contribution in [0.25, 0.3) is 0 Å². The Morgan fingerprint density at radius 1 is 1.10 bits per heavy atom. The average Bonchev–Trinajstić information content (AvgIpc) is 2.81. The maximum atomic E-state index is 12.4. The SMILES string of the molecule is CC(C)(NC(=O)N1Cc2ccccc2C1)C(C)(C)C(=O)O. The number of carbonyl (C=O) groups is 2. The molecule has 1 aliphatic rings. The average molecular weight is 290 g/mol. The fourth-order valence-electron chi connectivity index (χ4n) is 2.25. The van der Waals surface area contributed by atoms with E-state index in [1.54, 1.807) is 32.6 Å². The number of urea groups is 1. The van der Waals surface area contributed by atoms with Crippen molar-refractivity contribution in [2.75, 3.05) is 0 Å². The van der Waals surface area contributed by atoms with Crippen molar-refractivity contribution >= 4 is 12.0 Å². The highest BCUT2D eigenvalue weighted by Gasteiger charge is 2.45. The Kier molecular flexibility index (Phi) is 3.70. The summed E-state index contributed by atoms with van der Waals surface area (Å²) in [6.07, 6.45) is 0. The second kappa shape index (κ2) is 5.06. The summed E-state index contributed by atoms with van der Waals surface area (Å²) < 4.78 is 0. The molecule has 0 radical (unpaired) electrons. The van der Waals surface area contributed by atoms with Crippen LogP contribution in [-0.2, 0) is 17.9 Å². The van der Waals surface area contributed by atoms with Crippen molar-refractivity contribution in [2.45, 2.75) is 46.3 Å². The van der Waals surface area contributed by atoms with Gasteiger partial charge >= 0.3 is 12.0 Å². The lowest BCUT2D eigenvalue weighted by Crippen LogP contribution is -2.59.